The van der Waals surface area contributed by atoms with Gasteiger partial charge in [-0.05, 0) is 52.8 Å². The number of hydrogen-bond acceptors (Lipinski definition) is 0. The summed E-state index contributed by atoms with van der Waals surface area (Å²) in [5.74, 6) is 10.0. The Balaban J connectivity index is 1.73. The molecule has 0 heterocycles. The van der Waals surface area contributed by atoms with Crippen molar-refractivity contribution >= 4 is 0 Å². The van der Waals surface area contributed by atoms with Gasteiger partial charge in [-0.25, -0.2) is 0 Å². The van der Waals surface area contributed by atoms with Gasteiger partial charge in [0.2, 0.25) is 0 Å². The van der Waals surface area contributed by atoms with Gasteiger partial charge in [0.25, 0.3) is 0 Å². The zero-order chi connectivity index (χ0) is 7.12. The molecule has 6 rings (SSSR count). The van der Waals surface area contributed by atoms with Crippen LogP contribution in [0.5, 0.6) is 0 Å². The summed E-state index contributed by atoms with van der Waals surface area (Å²) in [6.45, 7) is 4.95. The molecule has 0 saturated heterocycles. The first-order valence-corrected chi connectivity index (χ1v) is 5.31. The number of hydrogen-bond donors (Lipinski definition) is 0. The van der Waals surface area contributed by atoms with E-state index in [2.05, 4.69) is 13.8 Å². The van der Waals surface area contributed by atoms with Crippen molar-refractivity contribution in [2.24, 2.45) is 52.8 Å². The third kappa shape index (κ3) is 0.178. The van der Waals surface area contributed by atoms with Gasteiger partial charge in [0.05, 0.1) is 0 Å². The fourth-order valence-corrected chi connectivity index (χ4v) is 6.68. The molecule has 0 aromatic heterocycles. The summed E-state index contributed by atoms with van der Waals surface area (Å²) >= 11 is 0. The van der Waals surface area contributed by atoms with E-state index in [0.717, 1.165) is 11.3 Å². The summed E-state index contributed by atoms with van der Waals surface area (Å²) in [5.41, 5.74) is 0.967. The summed E-state index contributed by atoms with van der Waals surface area (Å²) in [4.78, 5) is 0. The minimum absolute atomic E-state index is 0.967. The van der Waals surface area contributed by atoms with Crippen molar-refractivity contribution in [3.05, 3.63) is 0 Å². The van der Waals surface area contributed by atoms with Crippen LogP contribution >= 0.6 is 0 Å². The first kappa shape index (κ1) is 4.89. The number of rotatable bonds is 1. The van der Waals surface area contributed by atoms with Crippen LogP contribution in [0.3, 0.4) is 0 Å². The van der Waals surface area contributed by atoms with E-state index >= 15 is 0 Å². The van der Waals surface area contributed by atoms with E-state index in [4.69, 9.17) is 0 Å². The van der Waals surface area contributed by atoms with Gasteiger partial charge >= 0.3 is 0 Å². The molecule has 0 aliphatic heterocycles. The lowest BCUT2D eigenvalue weighted by atomic mass is 8.95. The van der Waals surface area contributed by atoms with E-state index < -0.39 is 0 Å². The first-order valence-electron chi connectivity index (χ1n) is 5.31. The standard InChI is InChI=1S/C11H14/c1-3(2)11-8-5-4-6(8)10(11)7(4)9(5)11/h3-10H,1-2H3. The Kier molecular flexibility index (Phi) is 0.400. The Bertz CT molecular complexity index is 238. The van der Waals surface area contributed by atoms with Crippen LogP contribution in [0.4, 0.5) is 0 Å². The van der Waals surface area contributed by atoms with Gasteiger partial charge in [-0.1, -0.05) is 13.8 Å². The van der Waals surface area contributed by atoms with E-state index in [1.54, 1.807) is 0 Å². The van der Waals surface area contributed by atoms with Crippen molar-refractivity contribution in [1.29, 1.82) is 0 Å². The summed E-state index contributed by atoms with van der Waals surface area (Å²) in [6, 6.07) is 0. The molecule has 11 heavy (non-hydrogen) atoms. The Morgan fingerprint density at radius 3 is 1.55 bits per heavy atom. The third-order valence-electron chi connectivity index (χ3n) is 6.55. The minimum Gasteiger partial charge on any atom is -0.0622 e. The van der Waals surface area contributed by atoms with Crippen LogP contribution in [-0.4, -0.2) is 0 Å². The lowest BCUT2D eigenvalue weighted by Gasteiger charge is -3.09. The largest absolute Gasteiger partial charge is 0.0622 e. The van der Waals surface area contributed by atoms with E-state index in [1.807, 2.05) is 0 Å². The van der Waals surface area contributed by atoms with Crippen LogP contribution in [0.1, 0.15) is 13.8 Å². The molecule has 58 valence electrons. The lowest BCUT2D eigenvalue weighted by molar-refractivity contribution is -0.624. The van der Waals surface area contributed by atoms with Crippen molar-refractivity contribution in [3.63, 3.8) is 0 Å². The van der Waals surface area contributed by atoms with Gasteiger partial charge in [-0.15, -0.1) is 0 Å². The molecule has 6 saturated carbocycles. The maximum Gasteiger partial charge on any atom is -0.0172 e. The van der Waals surface area contributed by atoms with Crippen LogP contribution in [0.25, 0.3) is 0 Å². The monoisotopic (exact) mass is 146 g/mol. The molecule has 0 N–H and O–H groups in total. The molecule has 0 heteroatoms. The van der Waals surface area contributed by atoms with Crippen molar-refractivity contribution in [2.45, 2.75) is 13.8 Å². The van der Waals surface area contributed by atoms with Crippen LogP contribution in [0.15, 0.2) is 0 Å². The molecule has 6 aliphatic rings. The average Bonchev–Trinajstić information content (AvgIpc) is 2.05. The Labute approximate surface area is 67.4 Å². The Morgan fingerprint density at radius 2 is 1.27 bits per heavy atom. The fraction of sp³-hybridized carbons (Fsp3) is 1.00. The van der Waals surface area contributed by atoms with E-state index in [1.165, 1.54) is 41.4 Å². The van der Waals surface area contributed by atoms with E-state index in [0.29, 0.717) is 0 Å². The second kappa shape index (κ2) is 0.900. The molecule has 6 aliphatic carbocycles. The van der Waals surface area contributed by atoms with Crippen molar-refractivity contribution in [3.8, 4) is 0 Å². The summed E-state index contributed by atoms with van der Waals surface area (Å²) in [6.07, 6.45) is 0. The second-order valence-electron chi connectivity index (χ2n) is 6.04. The molecule has 0 spiro atoms. The maximum absolute atomic E-state index is 2.47. The smallest absolute Gasteiger partial charge is 0.0172 e. The lowest BCUT2D eigenvalue weighted by Crippen LogP contribution is -3.06. The predicted molar refractivity (Wildman–Crippen MR) is 41.7 cm³/mol. The topological polar surface area (TPSA) is 0 Å². The second-order valence-corrected chi connectivity index (χ2v) is 6.04. The molecule has 0 nitrogen and oxygen atoms in total. The maximum atomic E-state index is 2.47. The first-order chi connectivity index (χ1) is 5.31. The third-order valence-corrected chi connectivity index (χ3v) is 6.55. The SMILES string of the molecule is CC(C)C12C3C4C5C3C1C5C42. The van der Waals surface area contributed by atoms with E-state index in [-0.39, 0.29) is 0 Å². The fourth-order valence-electron chi connectivity index (χ4n) is 6.68. The Morgan fingerprint density at radius 1 is 0.818 bits per heavy atom. The van der Waals surface area contributed by atoms with Crippen LogP contribution in [0.2, 0.25) is 0 Å². The van der Waals surface area contributed by atoms with Gasteiger partial charge < -0.3 is 0 Å². The molecule has 0 unspecified atom stereocenters. The summed E-state index contributed by atoms with van der Waals surface area (Å²) in [7, 11) is 0. The van der Waals surface area contributed by atoms with Gasteiger partial charge in [0.15, 0.2) is 0 Å². The van der Waals surface area contributed by atoms with Crippen LogP contribution in [-0.2, 0) is 0 Å². The normalized spacial score (nSPS) is 89.2. The van der Waals surface area contributed by atoms with Gasteiger partial charge in [0, 0.05) is 0 Å². The molecule has 0 radical (unpaired) electrons. The molecular weight excluding hydrogens is 132 g/mol. The zero-order valence-electron chi connectivity index (χ0n) is 7.12. The molecule has 0 amide bonds. The van der Waals surface area contributed by atoms with Crippen LogP contribution < -0.4 is 0 Å². The van der Waals surface area contributed by atoms with Crippen molar-refractivity contribution in [1.82, 2.24) is 0 Å². The average molecular weight is 146 g/mol. The summed E-state index contributed by atoms with van der Waals surface area (Å²) in [5, 5.41) is 0. The van der Waals surface area contributed by atoms with Crippen molar-refractivity contribution in [2.75, 3.05) is 0 Å². The minimum atomic E-state index is 0.967. The Hall–Kier alpha value is 0. The highest BCUT2D eigenvalue weighted by Crippen LogP contribution is 3.07. The molecular formula is C11H14. The highest BCUT2D eigenvalue weighted by molar-refractivity contribution is 5.50. The molecule has 0 aromatic carbocycles. The highest BCUT2D eigenvalue weighted by Gasteiger charge is 3.04. The van der Waals surface area contributed by atoms with Gasteiger partial charge in [-0.3, -0.25) is 0 Å². The zero-order valence-corrected chi connectivity index (χ0v) is 7.12. The molecule has 0 aromatic rings. The van der Waals surface area contributed by atoms with Gasteiger partial charge in [-0.2, -0.15) is 0 Å². The predicted octanol–water partition coefficient (Wildman–Crippen LogP) is 2.01. The van der Waals surface area contributed by atoms with Gasteiger partial charge in [0.1, 0.15) is 0 Å². The molecule has 0 atom stereocenters. The quantitative estimate of drug-likeness (QED) is 0.531. The van der Waals surface area contributed by atoms with Crippen LogP contribution in [0, 0.1) is 52.8 Å². The van der Waals surface area contributed by atoms with E-state index in [9.17, 15) is 0 Å². The van der Waals surface area contributed by atoms with Crippen molar-refractivity contribution < 1.29 is 0 Å². The molecule has 6 fully saturated rings. The summed E-state index contributed by atoms with van der Waals surface area (Å²) < 4.78 is 0. The highest BCUT2D eigenvalue weighted by atomic mass is 15.1. The molecule has 0 bridgehead atoms.